The van der Waals surface area contributed by atoms with E-state index < -0.39 is 0 Å². The molecule has 6 heteroatoms. The third-order valence-corrected chi connectivity index (χ3v) is 4.83. The van der Waals surface area contributed by atoms with Gasteiger partial charge in [0.2, 0.25) is 5.91 Å². The molecule has 0 atom stereocenters. The van der Waals surface area contributed by atoms with Gasteiger partial charge in [-0.1, -0.05) is 24.3 Å². The average Bonchev–Trinajstić information content (AvgIpc) is 2.70. The van der Waals surface area contributed by atoms with Crippen molar-refractivity contribution in [1.82, 2.24) is 9.80 Å². The summed E-state index contributed by atoms with van der Waals surface area (Å²) < 4.78 is 31.9. The second-order valence-electron chi connectivity index (χ2n) is 6.56. The number of amides is 1. The lowest BCUT2D eigenvalue weighted by Gasteiger charge is -2.39. The summed E-state index contributed by atoms with van der Waals surface area (Å²) in [5.74, 6) is -0.581. The normalized spacial score (nSPS) is 15.3. The van der Waals surface area contributed by atoms with Crippen molar-refractivity contribution in [3.63, 3.8) is 0 Å². The van der Waals surface area contributed by atoms with Crippen LogP contribution in [0.3, 0.4) is 0 Å². The summed E-state index contributed by atoms with van der Waals surface area (Å²) >= 11 is 0. The van der Waals surface area contributed by atoms with Crippen LogP contribution < -0.4 is 0 Å². The maximum atomic E-state index is 13.4. The number of benzene rings is 2. The number of hydrogen-bond donors (Lipinski definition) is 0. The van der Waals surface area contributed by atoms with Crippen molar-refractivity contribution in [3.8, 4) is 0 Å². The van der Waals surface area contributed by atoms with E-state index in [4.69, 9.17) is 4.74 Å². The maximum absolute atomic E-state index is 13.4. The van der Waals surface area contributed by atoms with E-state index in [1.807, 2.05) is 6.92 Å². The summed E-state index contributed by atoms with van der Waals surface area (Å²) in [6, 6.07) is 12.7. The van der Waals surface area contributed by atoms with E-state index in [0.29, 0.717) is 32.8 Å². The fourth-order valence-corrected chi connectivity index (χ4v) is 3.41. The third-order valence-electron chi connectivity index (χ3n) is 4.83. The monoisotopic (exact) mass is 374 g/mol. The number of ether oxygens (including phenoxy) is 1. The van der Waals surface area contributed by atoms with Crippen LogP contribution in [-0.2, 0) is 9.53 Å². The molecule has 0 spiro atoms. The Kier molecular flexibility index (Phi) is 6.53. The Morgan fingerprint density at radius 2 is 1.41 bits per heavy atom. The number of hydrogen-bond acceptors (Lipinski definition) is 3. The molecule has 1 aliphatic heterocycles. The zero-order chi connectivity index (χ0) is 19.2. The van der Waals surface area contributed by atoms with E-state index >= 15 is 0 Å². The first-order chi connectivity index (χ1) is 13.1. The molecule has 1 aliphatic rings. The van der Waals surface area contributed by atoms with E-state index in [0.717, 1.165) is 11.1 Å². The highest BCUT2D eigenvalue weighted by Gasteiger charge is 2.28. The Labute approximate surface area is 158 Å². The second kappa shape index (κ2) is 9.06. The summed E-state index contributed by atoms with van der Waals surface area (Å²) in [7, 11) is 0. The van der Waals surface area contributed by atoms with E-state index in [1.54, 1.807) is 29.2 Å². The Bertz CT molecular complexity index is 696. The van der Waals surface area contributed by atoms with Crippen molar-refractivity contribution in [1.29, 1.82) is 0 Å². The van der Waals surface area contributed by atoms with Crippen LogP contribution in [-0.4, -0.2) is 55.1 Å². The van der Waals surface area contributed by atoms with E-state index in [-0.39, 0.29) is 30.2 Å². The van der Waals surface area contributed by atoms with Crippen LogP contribution in [0.25, 0.3) is 0 Å². The van der Waals surface area contributed by atoms with Crippen LogP contribution in [0.15, 0.2) is 48.5 Å². The molecule has 0 N–H and O–H groups in total. The quantitative estimate of drug-likeness (QED) is 0.778. The molecule has 1 heterocycles. The lowest BCUT2D eigenvalue weighted by molar-refractivity contribution is -0.137. The van der Waals surface area contributed by atoms with Gasteiger partial charge in [0.25, 0.3) is 0 Å². The molecule has 0 aliphatic carbocycles. The number of halogens is 2. The van der Waals surface area contributed by atoms with Crippen LogP contribution in [0.4, 0.5) is 8.78 Å². The van der Waals surface area contributed by atoms with Crippen molar-refractivity contribution in [3.05, 3.63) is 71.3 Å². The van der Waals surface area contributed by atoms with Gasteiger partial charge in [-0.3, -0.25) is 9.69 Å². The van der Waals surface area contributed by atoms with Crippen molar-refractivity contribution in [2.24, 2.45) is 0 Å². The van der Waals surface area contributed by atoms with Gasteiger partial charge in [0.05, 0.1) is 6.04 Å². The predicted molar refractivity (Wildman–Crippen MR) is 99.3 cm³/mol. The minimum atomic E-state index is -0.289. The van der Waals surface area contributed by atoms with Crippen molar-refractivity contribution < 1.29 is 18.3 Å². The predicted octanol–water partition coefficient (Wildman–Crippen LogP) is 3.23. The minimum Gasteiger partial charge on any atom is -0.372 e. The molecular formula is C21H24F2N2O2. The summed E-state index contributed by atoms with van der Waals surface area (Å²) in [4.78, 5) is 16.2. The van der Waals surface area contributed by atoms with Crippen LogP contribution in [0.5, 0.6) is 0 Å². The SMILES string of the molecule is CCOCC(=O)N1CCN(C(c2ccc(F)cc2)c2ccc(F)cc2)CC1. The fourth-order valence-electron chi connectivity index (χ4n) is 3.41. The van der Waals surface area contributed by atoms with Gasteiger partial charge in [0, 0.05) is 32.8 Å². The number of rotatable bonds is 6. The van der Waals surface area contributed by atoms with Gasteiger partial charge >= 0.3 is 0 Å². The summed E-state index contributed by atoms with van der Waals surface area (Å²) in [6.07, 6.45) is 0. The standard InChI is InChI=1S/C21H24F2N2O2/c1-2-27-15-20(26)24-11-13-25(14-12-24)21(16-3-7-18(22)8-4-16)17-5-9-19(23)10-6-17/h3-10,21H,2,11-15H2,1H3. The second-order valence-corrected chi connectivity index (χ2v) is 6.56. The Morgan fingerprint density at radius 3 is 1.85 bits per heavy atom. The van der Waals surface area contributed by atoms with E-state index in [1.165, 1.54) is 24.3 Å². The van der Waals surface area contributed by atoms with Gasteiger partial charge < -0.3 is 9.64 Å². The highest BCUT2D eigenvalue weighted by molar-refractivity contribution is 5.77. The molecule has 0 aromatic heterocycles. The molecule has 2 aromatic rings. The number of carbonyl (C=O) groups is 1. The minimum absolute atomic E-state index is 0.00313. The highest BCUT2D eigenvalue weighted by atomic mass is 19.1. The number of nitrogens with zero attached hydrogens (tertiary/aromatic N) is 2. The van der Waals surface area contributed by atoms with Gasteiger partial charge in [-0.2, -0.15) is 0 Å². The molecule has 0 bridgehead atoms. The lowest BCUT2D eigenvalue weighted by Crippen LogP contribution is -2.50. The number of carbonyl (C=O) groups excluding carboxylic acids is 1. The Morgan fingerprint density at radius 1 is 0.926 bits per heavy atom. The van der Waals surface area contributed by atoms with E-state index in [9.17, 15) is 13.6 Å². The average molecular weight is 374 g/mol. The molecule has 0 radical (unpaired) electrons. The lowest BCUT2D eigenvalue weighted by atomic mass is 9.96. The fraction of sp³-hybridized carbons (Fsp3) is 0.381. The largest absolute Gasteiger partial charge is 0.372 e. The Balaban J connectivity index is 1.77. The molecule has 1 fully saturated rings. The molecular weight excluding hydrogens is 350 g/mol. The molecule has 0 saturated carbocycles. The molecule has 144 valence electrons. The Hall–Kier alpha value is -2.31. The van der Waals surface area contributed by atoms with Crippen molar-refractivity contribution in [2.75, 3.05) is 39.4 Å². The van der Waals surface area contributed by atoms with Crippen LogP contribution >= 0.6 is 0 Å². The first kappa shape index (κ1) is 19.5. The van der Waals surface area contributed by atoms with Gasteiger partial charge in [-0.15, -0.1) is 0 Å². The molecule has 3 rings (SSSR count). The van der Waals surface area contributed by atoms with Crippen molar-refractivity contribution >= 4 is 5.91 Å². The molecule has 1 saturated heterocycles. The first-order valence-electron chi connectivity index (χ1n) is 9.19. The summed E-state index contributed by atoms with van der Waals surface area (Å²) in [5, 5.41) is 0. The van der Waals surface area contributed by atoms with Crippen LogP contribution in [0, 0.1) is 11.6 Å². The zero-order valence-electron chi connectivity index (χ0n) is 15.4. The topological polar surface area (TPSA) is 32.8 Å². The first-order valence-corrected chi connectivity index (χ1v) is 9.19. The van der Waals surface area contributed by atoms with Crippen LogP contribution in [0.2, 0.25) is 0 Å². The van der Waals surface area contributed by atoms with Gasteiger partial charge in [-0.25, -0.2) is 8.78 Å². The molecule has 1 amide bonds. The van der Waals surface area contributed by atoms with Crippen molar-refractivity contribution in [2.45, 2.75) is 13.0 Å². The van der Waals surface area contributed by atoms with E-state index in [2.05, 4.69) is 4.90 Å². The maximum Gasteiger partial charge on any atom is 0.248 e. The van der Waals surface area contributed by atoms with Gasteiger partial charge in [-0.05, 0) is 42.3 Å². The van der Waals surface area contributed by atoms with Gasteiger partial charge in [0.15, 0.2) is 0 Å². The molecule has 0 unspecified atom stereocenters. The molecule has 2 aromatic carbocycles. The third kappa shape index (κ3) is 4.90. The summed E-state index contributed by atoms with van der Waals surface area (Å²) in [6.45, 7) is 5.05. The van der Waals surface area contributed by atoms with Gasteiger partial charge in [0.1, 0.15) is 18.2 Å². The number of piperazine rings is 1. The molecule has 4 nitrogen and oxygen atoms in total. The summed E-state index contributed by atoms with van der Waals surface area (Å²) in [5.41, 5.74) is 1.88. The zero-order valence-corrected chi connectivity index (χ0v) is 15.4. The highest BCUT2D eigenvalue weighted by Crippen LogP contribution is 2.30. The van der Waals surface area contributed by atoms with Crippen LogP contribution in [0.1, 0.15) is 24.1 Å². The smallest absolute Gasteiger partial charge is 0.248 e. The molecule has 27 heavy (non-hydrogen) atoms.